The summed E-state index contributed by atoms with van der Waals surface area (Å²) in [7, 11) is 0. The molecule has 0 aliphatic rings. The van der Waals surface area contributed by atoms with Gasteiger partial charge in [-0.3, -0.25) is 0 Å². The summed E-state index contributed by atoms with van der Waals surface area (Å²) >= 11 is 12.3. The average Bonchev–Trinajstić information content (AvgIpc) is 2.83. The van der Waals surface area contributed by atoms with Crippen molar-refractivity contribution in [2.45, 2.75) is 13.5 Å². The van der Waals surface area contributed by atoms with E-state index in [1.807, 2.05) is 31.2 Å². The fraction of sp³-hybridized carbons (Fsp3) is 0.176. The number of benzene rings is 2. The molecule has 0 spiro atoms. The Hall–Kier alpha value is -2.24. The number of nitroso groups, excluding NO2 is 1. The highest BCUT2D eigenvalue weighted by Gasteiger charge is 2.21. The molecule has 1 aromatic heterocycles. The monoisotopic (exact) mass is 364 g/mol. The van der Waals surface area contributed by atoms with Crippen molar-refractivity contribution in [2.24, 2.45) is 5.18 Å². The van der Waals surface area contributed by atoms with Crippen molar-refractivity contribution in [3.05, 3.63) is 56.9 Å². The Balaban J connectivity index is 1.92. The van der Waals surface area contributed by atoms with Crippen LogP contribution >= 0.6 is 23.2 Å². The van der Waals surface area contributed by atoms with Gasteiger partial charge in [0.25, 0.3) is 0 Å². The predicted molar refractivity (Wildman–Crippen MR) is 95.8 cm³/mol. The number of aryl methyl sites for hydroxylation is 1. The lowest BCUT2D eigenvalue weighted by atomic mass is 10.2. The van der Waals surface area contributed by atoms with Crippen LogP contribution in [0.5, 0.6) is 11.6 Å². The van der Waals surface area contributed by atoms with Crippen molar-refractivity contribution in [1.82, 2.24) is 4.57 Å². The molecule has 0 saturated heterocycles. The van der Waals surface area contributed by atoms with Gasteiger partial charge < -0.3 is 14.4 Å². The number of fused-ring (bicyclic) bond motifs is 1. The smallest absolute Gasteiger partial charge is 0.222 e. The number of hydrogen-bond acceptors (Lipinski definition) is 4. The van der Waals surface area contributed by atoms with E-state index in [1.54, 1.807) is 12.1 Å². The Morgan fingerprint density at radius 1 is 1.25 bits per heavy atom. The Labute approximate surface area is 148 Å². The number of ether oxygens (including phenoxy) is 1. The van der Waals surface area contributed by atoms with Gasteiger partial charge in [0.2, 0.25) is 5.88 Å². The normalized spacial score (nSPS) is 11.0. The molecule has 7 heteroatoms. The summed E-state index contributed by atoms with van der Waals surface area (Å²) in [4.78, 5) is 11.1. The van der Waals surface area contributed by atoms with Gasteiger partial charge in [0.1, 0.15) is 12.4 Å². The van der Waals surface area contributed by atoms with E-state index in [4.69, 9.17) is 27.9 Å². The molecule has 124 valence electrons. The van der Waals surface area contributed by atoms with E-state index < -0.39 is 0 Å². The minimum atomic E-state index is -0.253. The maximum Gasteiger partial charge on any atom is 0.222 e. The number of aromatic hydroxyl groups is 1. The zero-order chi connectivity index (χ0) is 17.3. The standard InChI is InChI=1S/C17H14Cl2N2O3/c1-10-3-2-4-11(9-10)24-8-7-21-16-12(15(20-23)17(21)22)5-6-13(18)14(16)19/h2-6,9,22H,7-8H2,1H3. The zero-order valence-electron chi connectivity index (χ0n) is 12.8. The molecule has 0 bridgehead atoms. The van der Waals surface area contributed by atoms with Crippen LogP contribution in [-0.4, -0.2) is 16.3 Å². The Morgan fingerprint density at radius 3 is 2.75 bits per heavy atom. The minimum Gasteiger partial charge on any atom is -0.493 e. The van der Waals surface area contributed by atoms with Crippen LogP contribution in [0, 0.1) is 11.8 Å². The molecule has 0 aliphatic heterocycles. The van der Waals surface area contributed by atoms with E-state index in [1.165, 1.54) is 4.57 Å². The first kappa shape index (κ1) is 16.6. The van der Waals surface area contributed by atoms with E-state index >= 15 is 0 Å². The second-order valence-corrected chi connectivity index (χ2v) is 6.12. The lowest BCUT2D eigenvalue weighted by Gasteiger charge is -2.10. The second kappa shape index (κ2) is 6.71. The molecule has 0 fully saturated rings. The molecule has 0 saturated carbocycles. The topological polar surface area (TPSA) is 63.8 Å². The molecule has 3 aromatic rings. The largest absolute Gasteiger partial charge is 0.493 e. The number of rotatable bonds is 5. The highest BCUT2D eigenvalue weighted by Crippen LogP contribution is 2.43. The van der Waals surface area contributed by atoms with E-state index in [9.17, 15) is 10.0 Å². The number of hydrogen-bond donors (Lipinski definition) is 1. The van der Waals surface area contributed by atoms with Gasteiger partial charge in [-0.05, 0) is 41.9 Å². The first-order valence-electron chi connectivity index (χ1n) is 7.25. The number of nitrogens with zero attached hydrogens (tertiary/aromatic N) is 2. The number of halogens is 2. The molecular formula is C17H14Cl2N2O3. The number of aromatic nitrogens is 1. The van der Waals surface area contributed by atoms with Crippen LogP contribution in [-0.2, 0) is 6.54 Å². The summed E-state index contributed by atoms with van der Waals surface area (Å²) in [5.74, 6) is 0.473. The van der Waals surface area contributed by atoms with Crippen molar-refractivity contribution in [3.8, 4) is 11.6 Å². The summed E-state index contributed by atoms with van der Waals surface area (Å²) in [6.07, 6.45) is 0. The third-order valence-electron chi connectivity index (χ3n) is 3.73. The Morgan fingerprint density at radius 2 is 2.04 bits per heavy atom. The first-order chi connectivity index (χ1) is 11.5. The summed E-state index contributed by atoms with van der Waals surface area (Å²) in [6.45, 7) is 2.54. The maximum absolute atomic E-state index is 11.1. The molecule has 1 heterocycles. The van der Waals surface area contributed by atoms with Gasteiger partial charge in [-0.2, -0.15) is 0 Å². The van der Waals surface area contributed by atoms with Gasteiger partial charge in [-0.1, -0.05) is 35.3 Å². The molecule has 24 heavy (non-hydrogen) atoms. The summed E-state index contributed by atoms with van der Waals surface area (Å²) in [5, 5.41) is 14.2. The van der Waals surface area contributed by atoms with Crippen LogP contribution in [0.4, 0.5) is 5.69 Å². The van der Waals surface area contributed by atoms with E-state index in [2.05, 4.69) is 5.18 Å². The molecule has 0 amide bonds. The lowest BCUT2D eigenvalue weighted by molar-refractivity contribution is 0.290. The second-order valence-electron chi connectivity index (χ2n) is 5.34. The average molecular weight is 365 g/mol. The molecule has 0 aliphatic carbocycles. The van der Waals surface area contributed by atoms with Gasteiger partial charge in [0.05, 0.1) is 22.1 Å². The highest BCUT2D eigenvalue weighted by atomic mass is 35.5. The molecular weight excluding hydrogens is 351 g/mol. The molecule has 0 atom stereocenters. The third kappa shape index (κ3) is 2.92. The van der Waals surface area contributed by atoms with Crippen LogP contribution < -0.4 is 4.74 Å². The van der Waals surface area contributed by atoms with E-state index in [0.717, 1.165) is 11.3 Å². The van der Waals surface area contributed by atoms with Crippen molar-refractivity contribution in [2.75, 3.05) is 6.61 Å². The van der Waals surface area contributed by atoms with Crippen LogP contribution in [0.25, 0.3) is 10.9 Å². The lowest BCUT2D eigenvalue weighted by Crippen LogP contribution is -2.08. The van der Waals surface area contributed by atoms with Gasteiger partial charge in [0.15, 0.2) is 5.69 Å². The van der Waals surface area contributed by atoms with Gasteiger partial charge in [0, 0.05) is 5.39 Å². The molecule has 3 rings (SSSR count). The summed E-state index contributed by atoms with van der Waals surface area (Å²) in [6, 6.07) is 10.8. The SMILES string of the molecule is Cc1cccc(OCCn2c(O)c(N=O)c3ccc(Cl)c(Cl)c32)c1. The Bertz CT molecular complexity index is 922. The molecule has 0 unspecified atom stereocenters. The van der Waals surface area contributed by atoms with Gasteiger partial charge in [-0.15, -0.1) is 4.91 Å². The summed E-state index contributed by atoms with van der Waals surface area (Å²) in [5.41, 5.74) is 1.49. The highest BCUT2D eigenvalue weighted by molar-refractivity contribution is 6.45. The third-order valence-corrected chi connectivity index (χ3v) is 4.52. The van der Waals surface area contributed by atoms with Crippen LogP contribution in [0.15, 0.2) is 41.6 Å². The maximum atomic E-state index is 11.1. The summed E-state index contributed by atoms with van der Waals surface area (Å²) < 4.78 is 7.17. The fourth-order valence-electron chi connectivity index (χ4n) is 2.62. The van der Waals surface area contributed by atoms with Gasteiger partial charge in [-0.25, -0.2) is 0 Å². The first-order valence-corrected chi connectivity index (χ1v) is 8.00. The fourth-order valence-corrected chi connectivity index (χ4v) is 3.04. The van der Waals surface area contributed by atoms with Crippen molar-refractivity contribution in [3.63, 3.8) is 0 Å². The van der Waals surface area contributed by atoms with Crippen molar-refractivity contribution in [1.29, 1.82) is 0 Å². The Kier molecular flexibility index (Phi) is 4.64. The van der Waals surface area contributed by atoms with Crippen LogP contribution in [0.3, 0.4) is 0 Å². The van der Waals surface area contributed by atoms with Gasteiger partial charge >= 0.3 is 0 Å². The van der Waals surface area contributed by atoms with Crippen molar-refractivity contribution < 1.29 is 9.84 Å². The van der Waals surface area contributed by atoms with Crippen LogP contribution in [0.1, 0.15) is 5.56 Å². The van der Waals surface area contributed by atoms with E-state index in [0.29, 0.717) is 15.9 Å². The molecule has 5 nitrogen and oxygen atoms in total. The predicted octanol–water partition coefficient (Wildman–Crippen LogP) is 5.44. The minimum absolute atomic E-state index is 0.0564. The van der Waals surface area contributed by atoms with Crippen molar-refractivity contribution >= 4 is 39.8 Å². The quantitative estimate of drug-likeness (QED) is 0.613. The van der Waals surface area contributed by atoms with E-state index in [-0.39, 0.29) is 29.7 Å². The molecule has 1 N–H and O–H groups in total. The molecule has 0 radical (unpaired) electrons. The zero-order valence-corrected chi connectivity index (χ0v) is 14.3. The molecule has 2 aromatic carbocycles. The van der Waals surface area contributed by atoms with Crippen LogP contribution in [0.2, 0.25) is 10.0 Å².